The van der Waals surface area contributed by atoms with Crippen LogP contribution in [-0.2, 0) is 9.53 Å². The second kappa shape index (κ2) is 4.35. The molecular weight excluding hydrogens is 206 g/mol. The van der Waals surface area contributed by atoms with Gasteiger partial charge < -0.3 is 9.15 Å². The van der Waals surface area contributed by atoms with Crippen molar-refractivity contribution in [1.29, 1.82) is 0 Å². The predicted molar refractivity (Wildman–Crippen MR) is 59.1 cm³/mol. The van der Waals surface area contributed by atoms with E-state index in [1.165, 1.54) is 6.39 Å². The molecule has 2 rings (SSSR count). The predicted octanol–water partition coefficient (Wildman–Crippen LogP) is 2.49. The van der Waals surface area contributed by atoms with E-state index in [0.717, 1.165) is 11.1 Å². The standard InChI is InChI=1S/C12H13NO3/c1-3-15-12(14)8(2)9-4-5-10-11(6-9)16-7-13-10/h4-8H,3H2,1-2H3. The average molecular weight is 219 g/mol. The molecule has 0 amide bonds. The van der Waals surface area contributed by atoms with Crippen LogP contribution in [0.15, 0.2) is 29.0 Å². The molecule has 0 aliphatic carbocycles. The zero-order valence-corrected chi connectivity index (χ0v) is 9.27. The summed E-state index contributed by atoms with van der Waals surface area (Å²) in [5.74, 6) is -0.504. The number of rotatable bonds is 3. The molecule has 0 spiro atoms. The summed E-state index contributed by atoms with van der Waals surface area (Å²) in [6, 6.07) is 5.53. The van der Waals surface area contributed by atoms with E-state index in [2.05, 4.69) is 4.98 Å². The second-order valence-corrected chi connectivity index (χ2v) is 3.55. The van der Waals surface area contributed by atoms with Crippen molar-refractivity contribution in [3.63, 3.8) is 0 Å². The number of ether oxygens (including phenoxy) is 1. The van der Waals surface area contributed by atoms with Crippen molar-refractivity contribution in [2.24, 2.45) is 0 Å². The maximum absolute atomic E-state index is 11.5. The molecule has 0 bridgehead atoms. The van der Waals surface area contributed by atoms with E-state index in [1.807, 2.05) is 25.1 Å². The molecule has 0 saturated heterocycles. The maximum Gasteiger partial charge on any atom is 0.313 e. The summed E-state index contributed by atoms with van der Waals surface area (Å²) in [7, 11) is 0. The van der Waals surface area contributed by atoms with Crippen LogP contribution in [0.5, 0.6) is 0 Å². The van der Waals surface area contributed by atoms with Crippen molar-refractivity contribution in [2.75, 3.05) is 6.61 Å². The molecule has 1 unspecified atom stereocenters. The molecule has 2 aromatic rings. The first kappa shape index (κ1) is 10.7. The minimum atomic E-state index is -0.283. The van der Waals surface area contributed by atoms with Crippen LogP contribution < -0.4 is 0 Å². The Morgan fingerprint density at radius 1 is 1.56 bits per heavy atom. The van der Waals surface area contributed by atoms with Gasteiger partial charge in [-0.3, -0.25) is 4.79 Å². The van der Waals surface area contributed by atoms with Gasteiger partial charge in [0.05, 0.1) is 12.5 Å². The molecule has 0 aliphatic rings. The van der Waals surface area contributed by atoms with Gasteiger partial charge in [-0.15, -0.1) is 0 Å². The average Bonchev–Trinajstić information content (AvgIpc) is 2.75. The lowest BCUT2D eigenvalue weighted by molar-refractivity contribution is -0.144. The smallest absolute Gasteiger partial charge is 0.313 e. The number of esters is 1. The third-order valence-electron chi connectivity index (χ3n) is 2.50. The fraction of sp³-hybridized carbons (Fsp3) is 0.333. The lowest BCUT2D eigenvalue weighted by Crippen LogP contribution is -2.12. The Morgan fingerprint density at radius 2 is 2.38 bits per heavy atom. The summed E-state index contributed by atoms with van der Waals surface area (Å²) in [6.45, 7) is 4.01. The molecule has 4 heteroatoms. The van der Waals surface area contributed by atoms with Gasteiger partial charge in [-0.2, -0.15) is 0 Å². The van der Waals surface area contributed by atoms with E-state index in [1.54, 1.807) is 6.92 Å². The van der Waals surface area contributed by atoms with Crippen LogP contribution in [0.25, 0.3) is 11.1 Å². The Labute approximate surface area is 93.2 Å². The van der Waals surface area contributed by atoms with Gasteiger partial charge in [0, 0.05) is 0 Å². The number of hydrogen-bond acceptors (Lipinski definition) is 4. The minimum Gasteiger partial charge on any atom is -0.466 e. The fourth-order valence-corrected chi connectivity index (χ4v) is 1.54. The number of oxazole rings is 1. The van der Waals surface area contributed by atoms with E-state index in [-0.39, 0.29) is 11.9 Å². The summed E-state index contributed by atoms with van der Waals surface area (Å²) in [4.78, 5) is 15.6. The molecule has 1 aromatic carbocycles. The van der Waals surface area contributed by atoms with Crippen molar-refractivity contribution in [3.05, 3.63) is 30.2 Å². The minimum absolute atomic E-state index is 0.221. The van der Waals surface area contributed by atoms with Crippen LogP contribution in [0.1, 0.15) is 25.3 Å². The maximum atomic E-state index is 11.5. The molecule has 4 nitrogen and oxygen atoms in total. The summed E-state index contributed by atoms with van der Waals surface area (Å²) in [5, 5.41) is 0. The van der Waals surface area contributed by atoms with Gasteiger partial charge in [0.15, 0.2) is 12.0 Å². The number of aromatic nitrogens is 1. The van der Waals surface area contributed by atoms with Gasteiger partial charge >= 0.3 is 5.97 Å². The van der Waals surface area contributed by atoms with Crippen molar-refractivity contribution in [1.82, 2.24) is 4.98 Å². The van der Waals surface area contributed by atoms with E-state index in [0.29, 0.717) is 12.2 Å². The molecular formula is C12H13NO3. The van der Waals surface area contributed by atoms with Crippen LogP contribution >= 0.6 is 0 Å². The lowest BCUT2D eigenvalue weighted by Gasteiger charge is -2.10. The highest BCUT2D eigenvalue weighted by Gasteiger charge is 2.17. The first-order valence-electron chi connectivity index (χ1n) is 5.22. The lowest BCUT2D eigenvalue weighted by atomic mass is 10.0. The molecule has 16 heavy (non-hydrogen) atoms. The number of carbonyl (C=O) groups is 1. The van der Waals surface area contributed by atoms with E-state index in [4.69, 9.17) is 9.15 Å². The Hall–Kier alpha value is -1.84. The Kier molecular flexibility index (Phi) is 2.90. The first-order valence-corrected chi connectivity index (χ1v) is 5.22. The highest BCUT2D eigenvalue weighted by Crippen LogP contribution is 2.21. The summed E-state index contributed by atoms with van der Waals surface area (Å²) < 4.78 is 10.2. The monoisotopic (exact) mass is 219 g/mol. The normalized spacial score (nSPS) is 12.6. The molecule has 1 atom stereocenters. The topological polar surface area (TPSA) is 52.3 Å². The van der Waals surface area contributed by atoms with Gasteiger partial charge in [0.25, 0.3) is 0 Å². The van der Waals surface area contributed by atoms with E-state index >= 15 is 0 Å². The Balaban J connectivity index is 2.28. The number of fused-ring (bicyclic) bond motifs is 1. The Bertz CT molecular complexity index is 504. The van der Waals surface area contributed by atoms with Crippen LogP contribution in [-0.4, -0.2) is 17.6 Å². The van der Waals surface area contributed by atoms with Crippen LogP contribution in [0.4, 0.5) is 0 Å². The molecule has 0 N–H and O–H groups in total. The van der Waals surface area contributed by atoms with E-state index in [9.17, 15) is 4.79 Å². The van der Waals surface area contributed by atoms with Crippen molar-refractivity contribution < 1.29 is 13.9 Å². The van der Waals surface area contributed by atoms with Gasteiger partial charge in [-0.1, -0.05) is 6.07 Å². The quantitative estimate of drug-likeness (QED) is 0.744. The summed E-state index contributed by atoms with van der Waals surface area (Å²) >= 11 is 0. The van der Waals surface area contributed by atoms with Crippen molar-refractivity contribution in [3.8, 4) is 0 Å². The van der Waals surface area contributed by atoms with Gasteiger partial charge in [-0.25, -0.2) is 4.98 Å². The second-order valence-electron chi connectivity index (χ2n) is 3.55. The van der Waals surface area contributed by atoms with Gasteiger partial charge in [0.2, 0.25) is 0 Å². The number of carbonyl (C=O) groups excluding carboxylic acids is 1. The highest BCUT2D eigenvalue weighted by atomic mass is 16.5. The van der Waals surface area contributed by atoms with Crippen LogP contribution in [0.2, 0.25) is 0 Å². The molecule has 84 valence electrons. The van der Waals surface area contributed by atoms with Crippen LogP contribution in [0.3, 0.4) is 0 Å². The highest BCUT2D eigenvalue weighted by molar-refractivity contribution is 5.80. The molecule has 1 heterocycles. The summed E-state index contributed by atoms with van der Waals surface area (Å²) in [6.07, 6.45) is 1.39. The molecule has 0 saturated carbocycles. The zero-order valence-electron chi connectivity index (χ0n) is 9.27. The molecule has 0 aliphatic heterocycles. The Morgan fingerprint density at radius 3 is 3.12 bits per heavy atom. The molecule has 0 fully saturated rings. The van der Waals surface area contributed by atoms with Crippen LogP contribution in [0, 0.1) is 0 Å². The SMILES string of the molecule is CCOC(=O)C(C)c1ccc2ncoc2c1. The molecule has 0 radical (unpaired) electrons. The third kappa shape index (κ3) is 1.91. The number of benzene rings is 1. The number of nitrogens with zero attached hydrogens (tertiary/aromatic N) is 1. The van der Waals surface area contributed by atoms with Crippen molar-refractivity contribution >= 4 is 17.1 Å². The first-order chi connectivity index (χ1) is 7.72. The van der Waals surface area contributed by atoms with Gasteiger partial charge in [-0.05, 0) is 31.5 Å². The number of hydrogen-bond donors (Lipinski definition) is 0. The molecule has 1 aromatic heterocycles. The van der Waals surface area contributed by atoms with E-state index < -0.39 is 0 Å². The zero-order chi connectivity index (χ0) is 11.5. The third-order valence-corrected chi connectivity index (χ3v) is 2.50. The largest absolute Gasteiger partial charge is 0.466 e. The summed E-state index contributed by atoms with van der Waals surface area (Å²) in [5.41, 5.74) is 2.36. The van der Waals surface area contributed by atoms with Gasteiger partial charge in [0.1, 0.15) is 5.52 Å². The van der Waals surface area contributed by atoms with Crippen molar-refractivity contribution in [2.45, 2.75) is 19.8 Å². The fourth-order valence-electron chi connectivity index (χ4n) is 1.54.